The van der Waals surface area contributed by atoms with E-state index >= 15 is 0 Å². The highest BCUT2D eigenvalue weighted by molar-refractivity contribution is 5.91. The number of morpholine rings is 1. The summed E-state index contributed by atoms with van der Waals surface area (Å²) in [5.74, 6) is -0.803. The first-order chi connectivity index (χ1) is 15.5. The maximum atomic E-state index is 12.8. The van der Waals surface area contributed by atoms with Gasteiger partial charge in [-0.05, 0) is 37.1 Å². The molecule has 1 amide bonds. The molecule has 3 saturated heterocycles. The van der Waals surface area contributed by atoms with Gasteiger partial charge in [0, 0.05) is 36.9 Å². The van der Waals surface area contributed by atoms with Gasteiger partial charge in [-0.15, -0.1) is 0 Å². The highest BCUT2D eigenvalue weighted by atomic mass is 16.6. The number of carboxylic acids is 1. The molecule has 3 heterocycles. The van der Waals surface area contributed by atoms with Gasteiger partial charge in [-0.2, -0.15) is 0 Å². The molecule has 2 aromatic rings. The highest BCUT2D eigenvalue weighted by Gasteiger charge is 2.62. The fourth-order valence-electron chi connectivity index (χ4n) is 5.25. The first kappa shape index (κ1) is 21.0. The number of benzene rings is 2. The number of hydrogen-bond acceptors (Lipinski definition) is 5. The Balaban J connectivity index is 1.29. The van der Waals surface area contributed by atoms with Gasteiger partial charge in [-0.25, -0.2) is 4.79 Å². The van der Waals surface area contributed by atoms with E-state index in [2.05, 4.69) is 17.3 Å². The Labute approximate surface area is 187 Å². The van der Waals surface area contributed by atoms with Crippen molar-refractivity contribution in [2.24, 2.45) is 0 Å². The average molecular weight is 437 g/mol. The number of anilines is 1. The van der Waals surface area contributed by atoms with Crippen molar-refractivity contribution in [3.8, 4) is 11.1 Å². The number of carbonyl (C=O) groups is 2. The summed E-state index contributed by atoms with van der Waals surface area (Å²) in [6.07, 6.45) is 2.92. The zero-order valence-electron chi connectivity index (χ0n) is 18.1. The van der Waals surface area contributed by atoms with E-state index in [9.17, 15) is 9.59 Å². The monoisotopic (exact) mass is 436 g/mol. The summed E-state index contributed by atoms with van der Waals surface area (Å²) in [5.41, 5.74) is 3.56. The second-order valence-electron chi connectivity index (χ2n) is 8.98. The van der Waals surface area contributed by atoms with Gasteiger partial charge in [-0.3, -0.25) is 15.0 Å². The van der Waals surface area contributed by atoms with E-state index in [-0.39, 0.29) is 12.5 Å². The Bertz CT molecular complexity index is 993. The minimum atomic E-state index is -0.803. The number of amides is 1. The van der Waals surface area contributed by atoms with Gasteiger partial charge in [0.2, 0.25) is 0 Å². The quantitative estimate of drug-likeness (QED) is 0.640. The van der Waals surface area contributed by atoms with Crippen LogP contribution in [-0.4, -0.2) is 59.5 Å². The Hall–Kier alpha value is -2.90. The van der Waals surface area contributed by atoms with Gasteiger partial charge in [0.25, 0.3) is 0 Å². The second-order valence-corrected chi connectivity index (χ2v) is 8.98. The number of aryl methyl sites for hydroxylation is 1. The van der Waals surface area contributed by atoms with Crippen LogP contribution in [0.1, 0.15) is 31.2 Å². The van der Waals surface area contributed by atoms with Gasteiger partial charge < -0.3 is 14.6 Å². The van der Waals surface area contributed by atoms with Gasteiger partial charge in [0.1, 0.15) is 18.3 Å². The molecule has 3 fully saturated rings. The van der Waals surface area contributed by atoms with E-state index in [1.807, 2.05) is 48.5 Å². The van der Waals surface area contributed by atoms with Gasteiger partial charge in [-0.1, -0.05) is 42.5 Å². The SMILES string of the molecule is CN1[C@H]2CC(OC(=O)Nc3cc(CCCC(=O)O)ccc3-c3ccccc3)C[C@H]1[C@H]1O[C@H]12. The molecule has 2 aromatic carbocycles. The normalized spacial score (nSPS) is 28.1. The summed E-state index contributed by atoms with van der Waals surface area (Å²) in [5, 5.41) is 11.9. The molecule has 0 aliphatic carbocycles. The lowest BCUT2D eigenvalue weighted by atomic mass is 9.99. The Kier molecular flexibility index (Phi) is 5.61. The van der Waals surface area contributed by atoms with Crippen molar-refractivity contribution in [2.75, 3.05) is 12.4 Å². The van der Waals surface area contributed by atoms with Gasteiger partial charge >= 0.3 is 12.1 Å². The van der Waals surface area contributed by atoms with Gasteiger partial charge in [0.05, 0.1) is 5.69 Å². The Morgan fingerprint density at radius 1 is 1.12 bits per heavy atom. The molecule has 168 valence electrons. The maximum absolute atomic E-state index is 12.8. The summed E-state index contributed by atoms with van der Waals surface area (Å²) >= 11 is 0. The molecule has 0 aromatic heterocycles. The lowest BCUT2D eigenvalue weighted by molar-refractivity contribution is -0.137. The lowest BCUT2D eigenvalue weighted by Gasteiger charge is -2.37. The predicted molar refractivity (Wildman–Crippen MR) is 120 cm³/mol. The number of nitrogens with one attached hydrogen (secondary N) is 1. The molecular formula is C25H28N2O5. The van der Waals surface area contributed by atoms with Crippen LogP contribution in [0.5, 0.6) is 0 Å². The number of epoxide rings is 1. The van der Waals surface area contributed by atoms with Crippen molar-refractivity contribution in [2.45, 2.75) is 62.5 Å². The number of carbonyl (C=O) groups excluding carboxylic acids is 1. The van der Waals surface area contributed by atoms with Crippen LogP contribution in [0.4, 0.5) is 10.5 Å². The van der Waals surface area contributed by atoms with E-state index in [0.29, 0.717) is 42.8 Å². The van der Waals surface area contributed by atoms with Crippen LogP contribution in [0.3, 0.4) is 0 Å². The van der Waals surface area contributed by atoms with E-state index in [0.717, 1.165) is 29.5 Å². The maximum Gasteiger partial charge on any atom is 0.411 e. The number of hydrogen-bond donors (Lipinski definition) is 2. The van der Waals surface area contributed by atoms with Crippen LogP contribution in [0.25, 0.3) is 11.1 Å². The predicted octanol–water partition coefficient (Wildman–Crippen LogP) is 3.92. The summed E-state index contributed by atoms with van der Waals surface area (Å²) < 4.78 is 11.6. The minimum Gasteiger partial charge on any atom is -0.481 e. The highest BCUT2D eigenvalue weighted by Crippen LogP contribution is 2.48. The molecule has 3 aliphatic rings. The van der Waals surface area contributed by atoms with Crippen molar-refractivity contribution in [3.05, 3.63) is 54.1 Å². The molecule has 0 radical (unpaired) electrons. The fourth-order valence-corrected chi connectivity index (χ4v) is 5.25. The van der Waals surface area contributed by atoms with E-state index in [1.165, 1.54) is 0 Å². The van der Waals surface area contributed by atoms with E-state index < -0.39 is 12.1 Å². The molecule has 5 rings (SSSR count). The molecule has 5 atom stereocenters. The minimum absolute atomic E-state index is 0.114. The molecule has 0 saturated carbocycles. The largest absolute Gasteiger partial charge is 0.481 e. The van der Waals surface area contributed by atoms with Crippen LogP contribution >= 0.6 is 0 Å². The smallest absolute Gasteiger partial charge is 0.411 e. The molecular weight excluding hydrogens is 408 g/mol. The number of nitrogens with zero attached hydrogens (tertiary/aromatic N) is 1. The summed E-state index contributed by atoms with van der Waals surface area (Å²) in [4.78, 5) is 26.0. The van der Waals surface area contributed by atoms with Crippen molar-refractivity contribution < 1.29 is 24.2 Å². The molecule has 7 nitrogen and oxygen atoms in total. The number of carboxylic acid groups (broad SMARTS) is 1. The fraction of sp³-hybridized carbons (Fsp3) is 0.440. The zero-order valence-corrected chi connectivity index (χ0v) is 18.1. The molecule has 32 heavy (non-hydrogen) atoms. The second kappa shape index (κ2) is 8.56. The van der Waals surface area contributed by atoms with Crippen molar-refractivity contribution >= 4 is 17.7 Å². The summed E-state index contributed by atoms with van der Waals surface area (Å²) in [6, 6.07) is 16.4. The first-order valence-corrected chi connectivity index (χ1v) is 11.2. The van der Waals surface area contributed by atoms with Gasteiger partial charge in [0.15, 0.2) is 0 Å². The molecule has 7 heteroatoms. The number of likely N-dealkylation sites (N-methyl/N-ethyl adjacent to an activating group) is 1. The topological polar surface area (TPSA) is 91.4 Å². The number of fused-ring (bicyclic) bond motifs is 5. The van der Waals surface area contributed by atoms with Crippen LogP contribution in [-0.2, 0) is 20.7 Å². The molecule has 3 aliphatic heterocycles. The number of piperidine rings is 1. The number of rotatable bonds is 7. The molecule has 2 bridgehead atoms. The van der Waals surface area contributed by atoms with Crippen LogP contribution in [0, 0.1) is 0 Å². The van der Waals surface area contributed by atoms with Crippen LogP contribution in [0.2, 0.25) is 0 Å². The standard InChI is InChI=1S/C25H28N2O5/c1-27-20-13-17(14-21(27)24-23(20)32-24)31-25(30)26-19-12-15(6-5-9-22(28)29)10-11-18(19)16-7-3-2-4-8-16/h2-4,7-8,10-12,17,20-21,23-24H,5-6,9,13-14H2,1H3,(H,26,30)(H,28,29)/t17?,20-,21-,23-,24+/m0/s1. The molecule has 1 unspecified atom stereocenters. The van der Waals surface area contributed by atoms with Crippen LogP contribution in [0.15, 0.2) is 48.5 Å². The van der Waals surface area contributed by atoms with Crippen molar-refractivity contribution in [1.29, 1.82) is 0 Å². The molecule has 2 N–H and O–H groups in total. The third kappa shape index (κ3) is 4.23. The first-order valence-electron chi connectivity index (χ1n) is 11.2. The summed E-state index contributed by atoms with van der Waals surface area (Å²) in [6.45, 7) is 0. The lowest BCUT2D eigenvalue weighted by Crippen LogP contribution is -2.48. The molecule has 0 spiro atoms. The third-order valence-electron chi connectivity index (χ3n) is 6.91. The number of aliphatic carboxylic acids is 1. The third-order valence-corrected chi connectivity index (χ3v) is 6.91. The number of ether oxygens (including phenoxy) is 2. The van der Waals surface area contributed by atoms with E-state index in [1.54, 1.807) is 0 Å². The van der Waals surface area contributed by atoms with Crippen molar-refractivity contribution in [3.63, 3.8) is 0 Å². The Morgan fingerprint density at radius 2 is 1.84 bits per heavy atom. The van der Waals surface area contributed by atoms with Crippen molar-refractivity contribution in [1.82, 2.24) is 4.90 Å². The van der Waals surface area contributed by atoms with E-state index in [4.69, 9.17) is 14.6 Å². The van der Waals surface area contributed by atoms with Crippen LogP contribution < -0.4 is 5.32 Å². The Morgan fingerprint density at radius 3 is 2.53 bits per heavy atom. The zero-order chi connectivity index (χ0) is 22.2. The average Bonchev–Trinajstić information content (AvgIpc) is 3.53. The summed E-state index contributed by atoms with van der Waals surface area (Å²) in [7, 11) is 2.13.